The van der Waals surface area contributed by atoms with Gasteiger partial charge in [0.2, 0.25) is 5.91 Å². The molecule has 2 saturated carbocycles. The van der Waals surface area contributed by atoms with Crippen LogP contribution in [-0.4, -0.2) is 65.4 Å². The van der Waals surface area contributed by atoms with Crippen LogP contribution in [0.3, 0.4) is 0 Å². The number of anilines is 1. The Kier molecular flexibility index (Phi) is 9.20. The third-order valence-electron chi connectivity index (χ3n) is 11.7. The quantitative estimate of drug-likeness (QED) is 0.385. The van der Waals surface area contributed by atoms with Gasteiger partial charge in [0, 0.05) is 37.1 Å². The van der Waals surface area contributed by atoms with E-state index in [1.165, 1.54) is 16.7 Å². The zero-order chi connectivity index (χ0) is 34.6. The predicted octanol–water partition coefficient (Wildman–Crippen LogP) is 5.91. The molecule has 2 heterocycles. The van der Waals surface area contributed by atoms with Crippen LogP contribution in [0.2, 0.25) is 0 Å². The highest BCUT2D eigenvalue weighted by Crippen LogP contribution is 2.47. The summed E-state index contributed by atoms with van der Waals surface area (Å²) in [4.78, 5) is 29.5. The van der Waals surface area contributed by atoms with E-state index in [2.05, 4.69) is 51.3 Å². The second-order valence-electron chi connectivity index (χ2n) is 15.9. The van der Waals surface area contributed by atoms with Gasteiger partial charge in [0.05, 0.1) is 29.8 Å². The number of benzene rings is 2. The topological polar surface area (TPSA) is 118 Å². The Labute approximate surface area is 291 Å². The minimum Gasteiger partial charge on any atom is -0.490 e. The maximum Gasteiger partial charge on any atom is 0.286 e. The van der Waals surface area contributed by atoms with Gasteiger partial charge in [-0.15, -0.1) is 4.36 Å². The van der Waals surface area contributed by atoms with E-state index in [9.17, 15) is 18.9 Å². The number of carbonyl (C=O) groups excluding carboxylic acids is 2. The molecule has 2 N–H and O–H groups in total. The predicted molar refractivity (Wildman–Crippen MR) is 191 cm³/mol. The Balaban J connectivity index is 1.28. The van der Waals surface area contributed by atoms with Gasteiger partial charge in [-0.25, -0.2) is 4.21 Å². The molecule has 2 amide bonds. The van der Waals surface area contributed by atoms with Crippen molar-refractivity contribution in [1.29, 1.82) is 0 Å². The van der Waals surface area contributed by atoms with Crippen molar-refractivity contribution in [2.75, 3.05) is 37.5 Å². The molecule has 10 heteroatoms. The molecule has 7 rings (SSSR count). The normalized spacial score (nSPS) is 36.5. The van der Waals surface area contributed by atoms with Crippen molar-refractivity contribution in [2.24, 2.45) is 28.0 Å². The molecule has 9 nitrogen and oxygen atoms in total. The number of aryl methyl sites for hydroxylation is 2. The Morgan fingerprint density at radius 3 is 2.73 bits per heavy atom. The average molecular weight is 690 g/mol. The Bertz CT molecular complexity index is 1770. The van der Waals surface area contributed by atoms with E-state index in [4.69, 9.17) is 9.47 Å². The lowest BCUT2D eigenvalue weighted by Crippen LogP contribution is -2.50. The highest BCUT2D eigenvalue weighted by molar-refractivity contribution is 7.92. The van der Waals surface area contributed by atoms with Gasteiger partial charge < -0.3 is 19.5 Å². The van der Waals surface area contributed by atoms with Gasteiger partial charge in [0.1, 0.15) is 15.7 Å². The average Bonchev–Trinajstić information content (AvgIpc) is 3.17. The maximum atomic E-state index is 14.4. The van der Waals surface area contributed by atoms with E-state index in [1.807, 2.05) is 19.1 Å². The number of amides is 2. The molecule has 2 bridgehead atoms. The molecule has 2 aliphatic heterocycles. The number of aliphatic hydroxyl groups is 1. The summed E-state index contributed by atoms with van der Waals surface area (Å²) < 4.78 is 34.1. The molecule has 2 aromatic carbocycles. The summed E-state index contributed by atoms with van der Waals surface area (Å²) in [5.41, 5.74) is 4.07. The minimum atomic E-state index is -3.47. The minimum absolute atomic E-state index is 0.0310. The first-order valence-electron chi connectivity index (χ1n) is 18.0. The molecule has 0 saturated heterocycles. The number of hydrogen-bond donors (Lipinski definition) is 2. The van der Waals surface area contributed by atoms with Gasteiger partial charge in [-0.1, -0.05) is 42.8 Å². The molecule has 2 fully saturated rings. The third kappa shape index (κ3) is 6.93. The van der Waals surface area contributed by atoms with E-state index in [-0.39, 0.29) is 36.0 Å². The van der Waals surface area contributed by atoms with Gasteiger partial charge >= 0.3 is 0 Å². The van der Waals surface area contributed by atoms with Crippen molar-refractivity contribution in [3.05, 3.63) is 70.8 Å². The van der Waals surface area contributed by atoms with Crippen LogP contribution in [-0.2, 0) is 31.3 Å². The van der Waals surface area contributed by atoms with Gasteiger partial charge in [-0.2, -0.15) is 0 Å². The van der Waals surface area contributed by atoms with Gasteiger partial charge in [0.25, 0.3) is 5.91 Å². The fraction of sp³-hybridized carbons (Fsp3) is 0.590. The maximum absolute atomic E-state index is 14.4. The third-order valence-corrected chi connectivity index (χ3v) is 13.7. The highest BCUT2D eigenvalue weighted by atomic mass is 32.2. The van der Waals surface area contributed by atoms with Crippen molar-refractivity contribution in [1.82, 2.24) is 4.72 Å². The zero-order valence-corrected chi connectivity index (χ0v) is 30.1. The molecule has 0 radical (unpaired) electrons. The first-order valence-corrected chi connectivity index (χ1v) is 19.7. The number of methoxy groups -OCH3 is 1. The second kappa shape index (κ2) is 13.2. The van der Waals surface area contributed by atoms with E-state index in [0.717, 1.165) is 56.6 Å². The van der Waals surface area contributed by atoms with E-state index in [0.29, 0.717) is 30.4 Å². The smallest absolute Gasteiger partial charge is 0.286 e. The second-order valence-corrected chi connectivity index (χ2v) is 17.9. The molecule has 0 unspecified atom stereocenters. The largest absolute Gasteiger partial charge is 0.490 e. The van der Waals surface area contributed by atoms with Crippen molar-refractivity contribution in [3.8, 4) is 5.75 Å². The van der Waals surface area contributed by atoms with E-state index >= 15 is 0 Å². The van der Waals surface area contributed by atoms with Crippen molar-refractivity contribution >= 4 is 27.4 Å². The Morgan fingerprint density at radius 1 is 1.18 bits per heavy atom. The van der Waals surface area contributed by atoms with Crippen LogP contribution in [0.15, 0.2) is 52.9 Å². The van der Waals surface area contributed by atoms with Gasteiger partial charge in [0.15, 0.2) is 0 Å². The number of ether oxygens (including phenoxy) is 2. The summed E-state index contributed by atoms with van der Waals surface area (Å²) in [6.45, 7) is 7.91. The molecule has 2 aromatic rings. The number of nitrogens with one attached hydrogen (secondary N) is 1. The SMILES string of the molecule is CO[C@H]1/C=C/C[C@H](C)C[S@@](=O)(NC(=O)C2CC(C)(O)C2)=NC(=O)c2ccc3c(c2)N(C[C@@H]2CC[C@H]21)C[C@@]1(CCCc2cc(C)ccc21)CO3. The summed E-state index contributed by atoms with van der Waals surface area (Å²) in [5, 5.41) is 10.2. The Morgan fingerprint density at radius 2 is 2.00 bits per heavy atom. The molecule has 5 aliphatic rings. The number of hydrogen-bond acceptors (Lipinski definition) is 7. The van der Waals surface area contributed by atoms with Gasteiger partial charge in [-0.05, 0) is 112 Å². The molecule has 0 aromatic heterocycles. The standard InChI is InChI=1S/C39H51N3O6S/c1-25-10-14-32-27(17-25)8-6-16-39(32)23-42-21-29-11-13-31(29)34(47-4)9-5-7-26(2)22-49(46,41-37(44)30-19-38(3,45)20-30)40-36(43)28-12-15-35(48-24-39)33(42)18-28/h5,9-10,12,14-15,17-18,26,29-31,34,45H,6-8,11,13,16,19-24H2,1-4H3,(H,40,41,43,44,46)/b9-5+/t26-,29-,30?,31+,34-,38?,39-,49-/m0/s1. The summed E-state index contributed by atoms with van der Waals surface area (Å²) in [6.07, 6.45) is 10.7. The summed E-state index contributed by atoms with van der Waals surface area (Å²) in [7, 11) is -1.69. The van der Waals surface area contributed by atoms with Crippen LogP contribution < -0.4 is 14.4 Å². The summed E-state index contributed by atoms with van der Waals surface area (Å²) >= 11 is 0. The van der Waals surface area contributed by atoms with Crippen LogP contribution in [0, 0.1) is 30.6 Å². The van der Waals surface area contributed by atoms with Crippen LogP contribution in [0.25, 0.3) is 0 Å². The summed E-state index contributed by atoms with van der Waals surface area (Å²) in [5.74, 6) is -0.117. The molecular formula is C39H51N3O6S. The number of allylic oxidation sites excluding steroid dienone is 1. The molecule has 264 valence electrons. The van der Waals surface area contributed by atoms with Crippen LogP contribution in [0.5, 0.6) is 5.75 Å². The number of nitrogens with zero attached hydrogens (tertiary/aromatic N) is 2. The van der Waals surface area contributed by atoms with Gasteiger partial charge in [-0.3, -0.25) is 14.3 Å². The first kappa shape index (κ1) is 34.2. The van der Waals surface area contributed by atoms with E-state index < -0.39 is 33.2 Å². The van der Waals surface area contributed by atoms with E-state index in [1.54, 1.807) is 20.1 Å². The zero-order valence-electron chi connectivity index (χ0n) is 29.3. The number of fused-ring (bicyclic) bond motifs is 4. The lowest BCUT2D eigenvalue weighted by atomic mass is 9.68. The molecule has 3 aliphatic carbocycles. The van der Waals surface area contributed by atoms with Crippen molar-refractivity contribution in [2.45, 2.75) is 89.3 Å². The fourth-order valence-electron chi connectivity index (χ4n) is 8.96. The number of carbonyl (C=O) groups is 2. The van der Waals surface area contributed by atoms with Crippen LogP contribution in [0.4, 0.5) is 5.69 Å². The molecule has 49 heavy (non-hydrogen) atoms. The van der Waals surface area contributed by atoms with Crippen molar-refractivity contribution in [3.63, 3.8) is 0 Å². The lowest BCUT2D eigenvalue weighted by Gasteiger charge is -2.46. The molecule has 6 atom stereocenters. The first-order chi connectivity index (χ1) is 23.4. The highest BCUT2D eigenvalue weighted by Gasteiger charge is 2.45. The number of rotatable bonds is 3. The lowest BCUT2D eigenvalue weighted by molar-refractivity contribution is -0.137. The van der Waals surface area contributed by atoms with Crippen molar-refractivity contribution < 1.29 is 28.4 Å². The van der Waals surface area contributed by atoms with Crippen LogP contribution >= 0.6 is 0 Å². The fourth-order valence-corrected chi connectivity index (χ4v) is 10.9. The molecular weight excluding hydrogens is 639 g/mol. The Hall–Kier alpha value is -3.21. The molecule has 1 spiro atoms. The van der Waals surface area contributed by atoms with Crippen LogP contribution in [0.1, 0.15) is 85.8 Å². The summed E-state index contributed by atoms with van der Waals surface area (Å²) in [6, 6.07) is 12.2. The monoisotopic (exact) mass is 689 g/mol.